The summed E-state index contributed by atoms with van der Waals surface area (Å²) in [6, 6.07) is 3.04. The summed E-state index contributed by atoms with van der Waals surface area (Å²) in [6.07, 6.45) is 1.53. The summed E-state index contributed by atoms with van der Waals surface area (Å²) in [5, 5.41) is 0. The monoisotopic (exact) mass is 241 g/mol. The molecular formula is C9H11N3O3S. The lowest BCUT2D eigenvalue weighted by molar-refractivity contribution is -0.119. The lowest BCUT2D eigenvalue weighted by Crippen LogP contribution is -2.29. The lowest BCUT2D eigenvalue weighted by atomic mass is 10.4. The quantitative estimate of drug-likeness (QED) is 0.644. The van der Waals surface area contributed by atoms with Gasteiger partial charge in [0.1, 0.15) is 0 Å². The molecule has 6 nitrogen and oxygen atoms in total. The lowest BCUT2D eigenvalue weighted by Gasteiger charge is -2.07. The molecule has 4 N–H and O–H groups in total. The van der Waals surface area contributed by atoms with Crippen molar-refractivity contribution >= 4 is 23.1 Å². The maximum atomic E-state index is 11.7. The van der Waals surface area contributed by atoms with Gasteiger partial charge in [0.2, 0.25) is 0 Å². The number of nitrogens with zero attached hydrogens (tertiary/aromatic N) is 1. The van der Waals surface area contributed by atoms with Crippen LogP contribution < -0.4 is 21.8 Å². The Morgan fingerprint density at radius 3 is 2.75 bits per heavy atom. The maximum absolute atomic E-state index is 11.7. The Hall–Kier alpha value is -1.89. The molecule has 0 radical (unpaired) electrons. The third kappa shape index (κ3) is 3.35. The molecule has 0 saturated carbocycles. The molecule has 0 atom stereocenters. The van der Waals surface area contributed by atoms with Crippen LogP contribution in [-0.2, 0) is 11.3 Å². The number of primary amides is 1. The second kappa shape index (κ2) is 5.26. The van der Waals surface area contributed by atoms with Crippen LogP contribution in [0.15, 0.2) is 23.1 Å². The number of aromatic nitrogens is 1. The Morgan fingerprint density at radius 2 is 2.19 bits per heavy atom. The Kier molecular flexibility index (Phi) is 4.01. The average Bonchev–Trinajstić information content (AvgIpc) is 2.18. The maximum Gasteiger partial charge on any atom is 0.293 e. The van der Waals surface area contributed by atoms with Crippen molar-refractivity contribution in [2.75, 3.05) is 6.61 Å². The molecule has 0 saturated heterocycles. The van der Waals surface area contributed by atoms with E-state index in [2.05, 4.69) is 12.2 Å². The van der Waals surface area contributed by atoms with Gasteiger partial charge in [-0.3, -0.25) is 9.59 Å². The standard InChI is InChI=1S/C9H11N3O3S/c10-7(13)5-15-6-2-1-3-12(9(6)14)4-8(11)16/h1-3H,4-5H2,(H2,10,13)(H2,11,16). The topological polar surface area (TPSA) is 100 Å². The molecular weight excluding hydrogens is 230 g/mol. The molecule has 0 aliphatic carbocycles. The molecule has 1 aromatic heterocycles. The fourth-order valence-electron chi connectivity index (χ4n) is 1.07. The number of ether oxygens (including phenoxy) is 1. The number of carbonyl (C=O) groups is 1. The van der Waals surface area contributed by atoms with Crippen LogP contribution in [0.2, 0.25) is 0 Å². The average molecular weight is 241 g/mol. The van der Waals surface area contributed by atoms with Gasteiger partial charge >= 0.3 is 0 Å². The van der Waals surface area contributed by atoms with E-state index in [9.17, 15) is 9.59 Å². The van der Waals surface area contributed by atoms with E-state index in [1.54, 1.807) is 6.07 Å². The third-order valence-electron chi connectivity index (χ3n) is 1.68. The van der Waals surface area contributed by atoms with Crippen LogP contribution in [0.5, 0.6) is 5.75 Å². The fraction of sp³-hybridized carbons (Fsp3) is 0.222. The zero-order valence-electron chi connectivity index (χ0n) is 8.38. The second-order valence-electron chi connectivity index (χ2n) is 3.03. The molecule has 1 amide bonds. The third-order valence-corrected chi connectivity index (χ3v) is 1.81. The van der Waals surface area contributed by atoms with E-state index in [1.807, 2.05) is 0 Å². The van der Waals surface area contributed by atoms with Crippen molar-refractivity contribution in [3.05, 3.63) is 28.7 Å². The first-order valence-electron chi connectivity index (χ1n) is 4.39. The smallest absolute Gasteiger partial charge is 0.293 e. The zero-order chi connectivity index (χ0) is 12.1. The molecule has 7 heteroatoms. The molecule has 16 heavy (non-hydrogen) atoms. The minimum atomic E-state index is -0.649. The number of hydrogen-bond acceptors (Lipinski definition) is 4. The number of thiocarbonyl (C=S) groups is 1. The van der Waals surface area contributed by atoms with Crippen molar-refractivity contribution in [1.29, 1.82) is 0 Å². The van der Waals surface area contributed by atoms with Gasteiger partial charge in [0.25, 0.3) is 11.5 Å². The molecule has 0 spiro atoms. The van der Waals surface area contributed by atoms with Crippen LogP contribution >= 0.6 is 12.2 Å². The molecule has 1 aromatic rings. The molecule has 0 aliphatic rings. The predicted molar refractivity (Wildman–Crippen MR) is 62.2 cm³/mol. The van der Waals surface area contributed by atoms with Crippen LogP contribution in [0.25, 0.3) is 0 Å². The van der Waals surface area contributed by atoms with E-state index in [0.717, 1.165) is 0 Å². The number of nitrogens with two attached hydrogens (primary N) is 2. The minimum absolute atomic E-state index is 0.0394. The highest BCUT2D eigenvalue weighted by atomic mass is 32.1. The normalized spacial score (nSPS) is 9.75. The van der Waals surface area contributed by atoms with E-state index in [4.69, 9.17) is 16.2 Å². The van der Waals surface area contributed by atoms with E-state index in [0.29, 0.717) is 0 Å². The highest BCUT2D eigenvalue weighted by molar-refractivity contribution is 7.80. The highest BCUT2D eigenvalue weighted by Gasteiger charge is 2.05. The van der Waals surface area contributed by atoms with Crippen LogP contribution in [0.3, 0.4) is 0 Å². The molecule has 1 rings (SSSR count). The number of carbonyl (C=O) groups excluding carboxylic acids is 1. The van der Waals surface area contributed by atoms with Gasteiger partial charge in [-0.2, -0.15) is 0 Å². The number of rotatable bonds is 5. The van der Waals surface area contributed by atoms with Crippen molar-refractivity contribution in [3.8, 4) is 5.75 Å². The number of hydrogen-bond donors (Lipinski definition) is 2. The Balaban J connectivity index is 2.90. The van der Waals surface area contributed by atoms with Crippen molar-refractivity contribution in [2.24, 2.45) is 11.5 Å². The molecule has 0 bridgehead atoms. The number of pyridine rings is 1. The summed E-state index contributed by atoms with van der Waals surface area (Å²) in [4.78, 5) is 22.4. The molecule has 0 aliphatic heterocycles. The van der Waals surface area contributed by atoms with Gasteiger partial charge in [0, 0.05) is 6.20 Å². The Labute approximate surface area is 96.8 Å². The second-order valence-corrected chi connectivity index (χ2v) is 3.55. The molecule has 1 heterocycles. The van der Waals surface area contributed by atoms with Crippen LogP contribution in [0.1, 0.15) is 0 Å². The summed E-state index contributed by atoms with van der Waals surface area (Å²) in [6.45, 7) is -0.214. The first-order valence-corrected chi connectivity index (χ1v) is 4.80. The van der Waals surface area contributed by atoms with Crippen molar-refractivity contribution < 1.29 is 9.53 Å². The summed E-state index contributed by atoms with van der Waals surface area (Å²) in [5.41, 5.74) is 9.81. The van der Waals surface area contributed by atoms with Gasteiger partial charge in [-0.05, 0) is 12.1 Å². The largest absolute Gasteiger partial charge is 0.478 e. The zero-order valence-corrected chi connectivity index (χ0v) is 9.20. The molecule has 0 aromatic carbocycles. The van der Waals surface area contributed by atoms with E-state index in [1.165, 1.54) is 16.8 Å². The first-order chi connectivity index (χ1) is 7.50. The van der Waals surface area contributed by atoms with Crippen molar-refractivity contribution in [3.63, 3.8) is 0 Å². The molecule has 0 fully saturated rings. The molecule has 0 unspecified atom stereocenters. The van der Waals surface area contributed by atoms with Crippen molar-refractivity contribution in [1.82, 2.24) is 4.57 Å². The Morgan fingerprint density at radius 1 is 1.50 bits per heavy atom. The van der Waals surface area contributed by atoms with Gasteiger partial charge in [-0.25, -0.2) is 0 Å². The van der Waals surface area contributed by atoms with Gasteiger partial charge in [0.05, 0.1) is 11.5 Å². The van der Waals surface area contributed by atoms with Crippen LogP contribution in [0, 0.1) is 0 Å². The van der Waals surface area contributed by atoms with E-state index >= 15 is 0 Å². The SMILES string of the molecule is NC(=O)COc1cccn(CC(N)=S)c1=O. The summed E-state index contributed by atoms with van der Waals surface area (Å²) >= 11 is 4.69. The Bertz CT molecular complexity index is 469. The van der Waals surface area contributed by atoms with Gasteiger partial charge < -0.3 is 20.8 Å². The predicted octanol–water partition coefficient (Wildman–Crippen LogP) is -1.00. The summed E-state index contributed by atoms with van der Waals surface area (Å²) in [5.74, 6) is -0.610. The number of amides is 1. The fourth-order valence-corrected chi connectivity index (χ4v) is 1.21. The van der Waals surface area contributed by atoms with Gasteiger partial charge in [-0.1, -0.05) is 12.2 Å². The van der Waals surface area contributed by atoms with Crippen LogP contribution in [0.4, 0.5) is 0 Å². The van der Waals surface area contributed by atoms with Crippen molar-refractivity contribution in [2.45, 2.75) is 6.54 Å². The van der Waals surface area contributed by atoms with E-state index < -0.39 is 11.5 Å². The minimum Gasteiger partial charge on any atom is -0.478 e. The van der Waals surface area contributed by atoms with Gasteiger partial charge in [-0.15, -0.1) is 0 Å². The molecule has 86 valence electrons. The summed E-state index contributed by atoms with van der Waals surface area (Å²) in [7, 11) is 0. The van der Waals surface area contributed by atoms with Crippen LogP contribution in [-0.4, -0.2) is 22.1 Å². The van der Waals surface area contributed by atoms with Gasteiger partial charge in [0.15, 0.2) is 12.4 Å². The first kappa shape index (κ1) is 12.2. The highest BCUT2D eigenvalue weighted by Crippen LogP contribution is 2.01. The summed E-state index contributed by atoms with van der Waals surface area (Å²) < 4.78 is 6.22. The van der Waals surface area contributed by atoms with E-state index in [-0.39, 0.29) is 23.9 Å².